The number of hydrogen-bond acceptors (Lipinski definition) is 5. The number of primary sulfonamides is 1. The van der Waals surface area contributed by atoms with Gasteiger partial charge in [0.1, 0.15) is 5.69 Å². The Kier molecular flexibility index (Phi) is 3.73. The molecule has 1 aliphatic rings. The minimum atomic E-state index is -3.63. The quantitative estimate of drug-likeness (QED) is 0.765. The number of amides is 1. The summed E-state index contributed by atoms with van der Waals surface area (Å²) in [6.45, 7) is 0.226. The number of carbonyl (C=O) groups is 2. The van der Waals surface area contributed by atoms with Gasteiger partial charge in [-0.05, 0) is 12.1 Å². The molecule has 2 heterocycles. The molecule has 9 heteroatoms. The molecule has 1 unspecified atom stereocenters. The molecule has 1 aromatic rings. The SMILES string of the molecule is NS(=O)(=O)CC1CC(=O)N(c2ccc(C(=O)O)nc2)C1. The molecule has 108 valence electrons. The molecule has 1 aromatic heterocycles. The van der Waals surface area contributed by atoms with Gasteiger partial charge >= 0.3 is 5.97 Å². The van der Waals surface area contributed by atoms with Crippen molar-refractivity contribution in [2.45, 2.75) is 6.42 Å². The summed E-state index contributed by atoms with van der Waals surface area (Å²) >= 11 is 0. The molecule has 3 N–H and O–H groups in total. The number of carboxylic acid groups (broad SMARTS) is 1. The third-order valence-electron chi connectivity index (χ3n) is 2.95. The van der Waals surface area contributed by atoms with Gasteiger partial charge in [-0.3, -0.25) is 4.79 Å². The Balaban J connectivity index is 2.13. The number of carboxylic acids is 1. The Labute approximate surface area is 115 Å². The van der Waals surface area contributed by atoms with Crippen molar-refractivity contribution in [3.05, 3.63) is 24.0 Å². The third kappa shape index (κ3) is 3.31. The maximum absolute atomic E-state index is 11.8. The Bertz CT molecular complexity index is 641. The molecule has 1 aliphatic heterocycles. The maximum Gasteiger partial charge on any atom is 0.354 e. The molecule has 0 bridgehead atoms. The molecule has 2 rings (SSSR count). The summed E-state index contributed by atoms with van der Waals surface area (Å²) in [7, 11) is -3.63. The zero-order valence-corrected chi connectivity index (χ0v) is 11.2. The van der Waals surface area contributed by atoms with Crippen LogP contribution in [0.4, 0.5) is 5.69 Å². The van der Waals surface area contributed by atoms with E-state index in [2.05, 4.69) is 4.98 Å². The van der Waals surface area contributed by atoms with Gasteiger partial charge in [-0.15, -0.1) is 0 Å². The van der Waals surface area contributed by atoms with Crippen molar-refractivity contribution >= 4 is 27.6 Å². The smallest absolute Gasteiger partial charge is 0.354 e. The molecule has 8 nitrogen and oxygen atoms in total. The van der Waals surface area contributed by atoms with Crippen LogP contribution in [0.1, 0.15) is 16.9 Å². The van der Waals surface area contributed by atoms with Crippen molar-refractivity contribution in [3.63, 3.8) is 0 Å². The van der Waals surface area contributed by atoms with Gasteiger partial charge in [0.2, 0.25) is 15.9 Å². The van der Waals surface area contributed by atoms with E-state index in [-0.39, 0.29) is 36.2 Å². The Morgan fingerprint density at radius 1 is 1.50 bits per heavy atom. The first-order valence-corrected chi connectivity index (χ1v) is 7.48. The second-order valence-corrected chi connectivity index (χ2v) is 6.27. The molecule has 0 saturated carbocycles. The highest BCUT2D eigenvalue weighted by Gasteiger charge is 2.32. The number of nitrogens with two attached hydrogens (primary N) is 1. The first-order chi connectivity index (χ1) is 9.26. The maximum atomic E-state index is 11.8. The number of carbonyl (C=O) groups excluding carboxylic acids is 1. The van der Waals surface area contributed by atoms with Crippen molar-refractivity contribution in [3.8, 4) is 0 Å². The average Bonchev–Trinajstić information content (AvgIpc) is 2.67. The van der Waals surface area contributed by atoms with E-state index >= 15 is 0 Å². The van der Waals surface area contributed by atoms with E-state index in [1.807, 2.05) is 0 Å². The molecule has 0 aliphatic carbocycles. The van der Waals surface area contributed by atoms with Crippen LogP contribution in [0, 0.1) is 5.92 Å². The van der Waals surface area contributed by atoms with Crippen molar-refractivity contribution in [1.82, 2.24) is 4.98 Å². The van der Waals surface area contributed by atoms with Gasteiger partial charge in [0.15, 0.2) is 0 Å². The van der Waals surface area contributed by atoms with E-state index < -0.39 is 16.0 Å². The minimum Gasteiger partial charge on any atom is -0.477 e. The van der Waals surface area contributed by atoms with E-state index in [1.54, 1.807) is 0 Å². The van der Waals surface area contributed by atoms with E-state index in [0.717, 1.165) is 0 Å². The lowest BCUT2D eigenvalue weighted by Crippen LogP contribution is -2.27. The number of pyridine rings is 1. The fourth-order valence-electron chi connectivity index (χ4n) is 2.14. The van der Waals surface area contributed by atoms with Gasteiger partial charge in [0, 0.05) is 18.9 Å². The van der Waals surface area contributed by atoms with E-state index in [0.29, 0.717) is 5.69 Å². The lowest BCUT2D eigenvalue weighted by molar-refractivity contribution is -0.117. The van der Waals surface area contributed by atoms with Crippen molar-refractivity contribution in [1.29, 1.82) is 0 Å². The first kappa shape index (κ1) is 14.4. The van der Waals surface area contributed by atoms with Crippen LogP contribution in [-0.4, -0.2) is 42.7 Å². The predicted octanol–water partition coefficient (Wildman–Crippen LogP) is -0.579. The standard InChI is InChI=1S/C11H13N3O5S/c12-20(18,19)6-7-3-10(15)14(5-7)8-1-2-9(11(16)17)13-4-8/h1-2,4,7H,3,5-6H2,(H,16,17)(H2,12,18,19). The van der Waals surface area contributed by atoms with E-state index in [9.17, 15) is 18.0 Å². The van der Waals surface area contributed by atoms with Crippen LogP contribution >= 0.6 is 0 Å². The molecule has 1 amide bonds. The van der Waals surface area contributed by atoms with Crippen molar-refractivity contribution < 1.29 is 23.1 Å². The fourth-order valence-corrected chi connectivity index (χ4v) is 3.02. The zero-order valence-electron chi connectivity index (χ0n) is 10.4. The van der Waals surface area contributed by atoms with Crippen LogP contribution < -0.4 is 10.0 Å². The predicted molar refractivity (Wildman–Crippen MR) is 69.6 cm³/mol. The van der Waals surface area contributed by atoms with Gasteiger partial charge < -0.3 is 10.0 Å². The summed E-state index contributed by atoms with van der Waals surface area (Å²) in [4.78, 5) is 27.6. The zero-order chi connectivity index (χ0) is 14.9. The van der Waals surface area contributed by atoms with Crippen LogP contribution in [0.2, 0.25) is 0 Å². The highest BCUT2D eigenvalue weighted by molar-refractivity contribution is 7.89. The topological polar surface area (TPSA) is 131 Å². The molecule has 0 aromatic carbocycles. The number of nitrogens with zero attached hydrogens (tertiary/aromatic N) is 2. The molecule has 0 spiro atoms. The Hall–Kier alpha value is -2.00. The molecule has 0 radical (unpaired) electrons. The molecule has 1 saturated heterocycles. The molecular weight excluding hydrogens is 286 g/mol. The van der Waals surface area contributed by atoms with Crippen molar-refractivity contribution in [2.24, 2.45) is 11.1 Å². The lowest BCUT2D eigenvalue weighted by Gasteiger charge is -2.16. The molecule has 20 heavy (non-hydrogen) atoms. The monoisotopic (exact) mass is 299 g/mol. The highest BCUT2D eigenvalue weighted by Crippen LogP contribution is 2.25. The number of rotatable bonds is 4. The second kappa shape index (κ2) is 5.17. The number of aromatic nitrogens is 1. The third-order valence-corrected chi connectivity index (χ3v) is 3.89. The van der Waals surface area contributed by atoms with Crippen LogP contribution in [0.5, 0.6) is 0 Å². The summed E-state index contributed by atoms with van der Waals surface area (Å²) in [6.07, 6.45) is 1.37. The normalized spacial score (nSPS) is 19.4. The van der Waals surface area contributed by atoms with Crippen molar-refractivity contribution in [2.75, 3.05) is 17.2 Å². The summed E-state index contributed by atoms with van der Waals surface area (Å²) in [5.41, 5.74) is 0.318. The number of sulfonamides is 1. The molecular formula is C11H13N3O5S. The van der Waals surface area contributed by atoms with Crippen LogP contribution in [0.3, 0.4) is 0 Å². The molecule has 1 atom stereocenters. The largest absolute Gasteiger partial charge is 0.477 e. The van der Waals surface area contributed by atoms with Gasteiger partial charge in [-0.25, -0.2) is 23.3 Å². The fraction of sp³-hybridized carbons (Fsp3) is 0.364. The second-order valence-electron chi connectivity index (χ2n) is 4.61. The van der Waals surface area contributed by atoms with E-state index in [4.69, 9.17) is 10.2 Å². The van der Waals surface area contributed by atoms with Crippen LogP contribution in [0.25, 0.3) is 0 Å². The number of aromatic carboxylic acids is 1. The van der Waals surface area contributed by atoms with Crippen LogP contribution in [-0.2, 0) is 14.8 Å². The summed E-state index contributed by atoms with van der Waals surface area (Å²) < 4.78 is 22.1. The average molecular weight is 299 g/mol. The Morgan fingerprint density at radius 3 is 2.70 bits per heavy atom. The number of anilines is 1. The van der Waals surface area contributed by atoms with Crippen LogP contribution in [0.15, 0.2) is 18.3 Å². The first-order valence-electron chi connectivity index (χ1n) is 5.76. The Morgan fingerprint density at radius 2 is 2.20 bits per heavy atom. The van der Waals surface area contributed by atoms with Gasteiger partial charge in [-0.2, -0.15) is 0 Å². The summed E-state index contributed by atoms with van der Waals surface area (Å²) in [5, 5.41) is 13.7. The lowest BCUT2D eigenvalue weighted by atomic mass is 10.1. The highest BCUT2D eigenvalue weighted by atomic mass is 32.2. The van der Waals surface area contributed by atoms with Gasteiger partial charge in [0.05, 0.1) is 17.6 Å². The number of hydrogen-bond donors (Lipinski definition) is 2. The van der Waals surface area contributed by atoms with E-state index in [1.165, 1.54) is 23.2 Å². The van der Waals surface area contributed by atoms with Gasteiger partial charge in [0.25, 0.3) is 0 Å². The molecule has 1 fully saturated rings. The summed E-state index contributed by atoms with van der Waals surface area (Å²) in [6, 6.07) is 2.76. The minimum absolute atomic E-state index is 0.0944. The van der Waals surface area contributed by atoms with Gasteiger partial charge in [-0.1, -0.05) is 0 Å². The summed E-state index contributed by atoms with van der Waals surface area (Å²) in [5.74, 6) is -2.01.